The molecule has 1 rings (SSSR count). The molecule has 1 fully saturated rings. The van der Waals surface area contributed by atoms with Gasteiger partial charge in [-0.3, -0.25) is 4.90 Å². The molecule has 1 aliphatic heterocycles. The second-order valence-corrected chi connectivity index (χ2v) is 6.12. The summed E-state index contributed by atoms with van der Waals surface area (Å²) in [4.78, 5) is 2.68. The predicted molar refractivity (Wildman–Crippen MR) is 82.6 cm³/mol. The molecule has 0 radical (unpaired) electrons. The fraction of sp³-hybridized carbons (Fsp3) is 1.00. The summed E-state index contributed by atoms with van der Waals surface area (Å²) in [5.74, 6) is 0. The zero-order chi connectivity index (χ0) is 14.3. The van der Waals surface area contributed by atoms with Crippen molar-refractivity contribution in [1.29, 1.82) is 0 Å². The number of ether oxygens (including phenoxy) is 1. The average molecular weight is 270 g/mol. The number of nitrogens with one attached hydrogen (secondary N) is 1. The van der Waals surface area contributed by atoms with Crippen LogP contribution in [0.4, 0.5) is 0 Å². The van der Waals surface area contributed by atoms with Gasteiger partial charge < -0.3 is 10.1 Å². The predicted octanol–water partition coefficient (Wildman–Crippen LogP) is 2.90. The van der Waals surface area contributed by atoms with Crippen molar-refractivity contribution in [1.82, 2.24) is 10.2 Å². The van der Waals surface area contributed by atoms with Crippen LogP contribution >= 0.6 is 0 Å². The van der Waals surface area contributed by atoms with E-state index in [4.69, 9.17) is 4.74 Å². The van der Waals surface area contributed by atoms with Gasteiger partial charge in [0.1, 0.15) is 0 Å². The molecule has 0 aliphatic carbocycles. The van der Waals surface area contributed by atoms with Crippen LogP contribution in [0.25, 0.3) is 0 Å². The lowest BCUT2D eigenvalue weighted by molar-refractivity contribution is -0.0702. The van der Waals surface area contributed by atoms with E-state index in [-0.39, 0.29) is 0 Å². The summed E-state index contributed by atoms with van der Waals surface area (Å²) < 4.78 is 5.82. The second kappa shape index (κ2) is 8.23. The maximum Gasteiger partial charge on any atom is 0.0674 e. The number of rotatable bonds is 8. The fourth-order valence-electron chi connectivity index (χ4n) is 3.08. The van der Waals surface area contributed by atoms with Gasteiger partial charge in [0.2, 0.25) is 0 Å². The van der Waals surface area contributed by atoms with E-state index in [1.807, 2.05) is 0 Å². The third-order valence-electron chi connectivity index (χ3n) is 4.84. The van der Waals surface area contributed by atoms with Crippen LogP contribution in [0.5, 0.6) is 0 Å². The van der Waals surface area contributed by atoms with Crippen LogP contribution < -0.4 is 5.32 Å². The molecule has 0 amide bonds. The molecule has 2 atom stereocenters. The highest BCUT2D eigenvalue weighted by Gasteiger charge is 2.33. The van der Waals surface area contributed by atoms with Crippen LogP contribution in [0.1, 0.15) is 53.9 Å². The van der Waals surface area contributed by atoms with Gasteiger partial charge in [-0.2, -0.15) is 0 Å². The molecular formula is C16H34N2O. The van der Waals surface area contributed by atoms with E-state index in [1.54, 1.807) is 0 Å². The molecule has 1 N–H and O–H groups in total. The van der Waals surface area contributed by atoms with Crippen LogP contribution in [0.2, 0.25) is 0 Å². The first-order valence-corrected chi connectivity index (χ1v) is 8.17. The molecule has 0 aromatic rings. The molecule has 1 saturated heterocycles. The molecule has 3 nitrogen and oxygen atoms in total. The SMILES string of the molecule is CCNCC(CC)(CC)CN1CC(C)OCC1CC. The summed E-state index contributed by atoms with van der Waals surface area (Å²) >= 11 is 0. The van der Waals surface area contributed by atoms with Gasteiger partial charge in [-0.05, 0) is 38.1 Å². The Morgan fingerprint density at radius 3 is 2.42 bits per heavy atom. The topological polar surface area (TPSA) is 24.5 Å². The van der Waals surface area contributed by atoms with E-state index < -0.39 is 0 Å². The Labute approximate surface area is 120 Å². The molecule has 0 saturated carbocycles. The minimum absolute atomic E-state index is 0.383. The van der Waals surface area contributed by atoms with Gasteiger partial charge in [0.05, 0.1) is 12.7 Å². The van der Waals surface area contributed by atoms with Crippen molar-refractivity contribution in [2.45, 2.75) is 66.0 Å². The van der Waals surface area contributed by atoms with Gasteiger partial charge in [0.15, 0.2) is 0 Å². The Balaban J connectivity index is 2.69. The quantitative estimate of drug-likeness (QED) is 0.734. The van der Waals surface area contributed by atoms with Crippen LogP contribution in [-0.4, -0.2) is 49.8 Å². The van der Waals surface area contributed by atoms with Crippen molar-refractivity contribution in [3.63, 3.8) is 0 Å². The third kappa shape index (κ3) is 4.73. The Bertz CT molecular complexity index is 241. The minimum Gasteiger partial charge on any atom is -0.376 e. The molecule has 0 spiro atoms. The number of hydrogen-bond acceptors (Lipinski definition) is 3. The van der Waals surface area contributed by atoms with Gasteiger partial charge in [-0.1, -0.05) is 27.7 Å². The van der Waals surface area contributed by atoms with Crippen molar-refractivity contribution < 1.29 is 4.74 Å². The van der Waals surface area contributed by atoms with Crippen LogP contribution in [0.15, 0.2) is 0 Å². The van der Waals surface area contributed by atoms with E-state index in [9.17, 15) is 0 Å². The summed E-state index contributed by atoms with van der Waals surface area (Å²) in [6.45, 7) is 16.8. The van der Waals surface area contributed by atoms with Crippen molar-refractivity contribution in [2.24, 2.45) is 5.41 Å². The lowest BCUT2D eigenvalue weighted by Gasteiger charge is -2.44. The number of nitrogens with zero attached hydrogens (tertiary/aromatic N) is 1. The van der Waals surface area contributed by atoms with Crippen LogP contribution in [-0.2, 0) is 4.74 Å². The van der Waals surface area contributed by atoms with E-state index in [0.29, 0.717) is 17.6 Å². The average Bonchev–Trinajstić information content (AvgIpc) is 2.44. The Morgan fingerprint density at radius 2 is 1.89 bits per heavy atom. The third-order valence-corrected chi connectivity index (χ3v) is 4.84. The summed E-state index contributed by atoms with van der Waals surface area (Å²) in [5, 5.41) is 3.57. The molecule has 3 heteroatoms. The first-order chi connectivity index (χ1) is 9.10. The fourth-order valence-corrected chi connectivity index (χ4v) is 3.08. The summed E-state index contributed by atoms with van der Waals surface area (Å²) in [6, 6.07) is 0.607. The molecule has 1 heterocycles. The number of morpholine rings is 1. The van der Waals surface area contributed by atoms with Crippen LogP contribution in [0, 0.1) is 5.41 Å². The van der Waals surface area contributed by atoms with E-state index in [0.717, 1.165) is 26.2 Å². The van der Waals surface area contributed by atoms with Gasteiger partial charge in [0.25, 0.3) is 0 Å². The highest BCUT2D eigenvalue weighted by atomic mass is 16.5. The van der Waals surface area contributed by atoms with Crippen molar-refractivity contribution in [3.8, 4) is 0 Å². The molecular weight excluding hydrogens is 236 g/mol. The minimum atomic E-state index is 0.383. The number of hydrogen-bond donors (Lipinski definition) is 1. The molecule has 114 valence electrons. The molecule has 19 heavy (non-hydrogen) atoms. The van der Waals surface area contributed by atoms with Gasteiger partial charge >= 0.3 is 0 Å². The lowest BCUT2D eigenvalue weighted by Crippen LogP contribution is -2.54. The highest BCUT2D eigenvalue weighted by Crippen LogP contribution is 2.29. The van der Waals surface area contributed by atoms with Gasteiger partial charge in [0, 0.05) is 25.7 Å². The normalized spacial score (nSPS) is 25.7. The van der Waals surface area contributed by atoms with E-state index in [2.05, 4.69) is 44.8 Å². The summed E-state index contributed by atoms with van der Waals surface area (Å²) in [7, 11) is 0. The lowest BCUT2D eigenvalue weighted by atomic mass is 9.81. The Morgan fingerprint density at radius 1 is 1.21 bits per heavy atom. The van der Waals surface area contributed by atoms with Crippen molar-refractivity contribution >= 4 is 0 Å². The zero-order valence-corrected chi connectivity index (χ0v) is 13.7. The monoisotopic (exact) mass is 270 g/mol. The van der Waals surface area contributed by atoms with Gasteiger partial charge in [-0.15, -0.1) is 0 Å². The van der Waals surface area contributed by atoms with Crippen molar-refractivity contribution in [2.75, 3.05) is 32.8 Å². The summed E-state index contributed by atoms with van der Waals surface area (Å²) in [6.07, 6.45) is 4.07. The maximum atomic E-state index is 5.82. The Hall–Kier alpha value is -0.120. The second-order valence-electron chi connectivity index (χ2n) is 6.12. The van der Waals surface area contributed by atoms with Crippen molar-refractivity contribution in [3.05, 3.63) is 0 Å². The zero-order valence-electron chi connectivity index (χ0n) is 13.7. The molecule has 2 unspecified atom stereocenters. The first-order valence-electron chi connectivity index (χ1n) is 8.17. The van der Waals surface area contributed by atoms with Crippen LogP contribution in [0.3, 0.4) is 0 Å². The largest absolute Gasteiger partial charge is 0.376 e. The first kappa shape index (κ1) is 16.9. The molecule has 0 bridgehead atoms. The standard InChI is InChI=1S/C16H34N2O/c1-6-15-11-19-14(5)10-18(15)13-16(7-2,8-3)12-17-9-4/h14-15,17H,6-13H2,1-5H3. The smallest absolute Gasteiger partial charge is 0.0674 e. The highest BCUT2D eigenvalue weighted by molar-refractivity contribution is 4.87. The molecule has 1 aliphatic rings. The van der Waals surface area contributed by atoms with E-state index >= 15 is 0 Å². The van der Waals surface area contributed by atoms with E-state index in [1.165, 1.54) is 25.8 Å². The maximum absolute atomic E-state index is 5.82. The molecule has 0 aromatic heterocycles. The molecule has 0 aromatic carbocycles. The Kier molecular flexibility index (Phi) is 7.33. The summed E-state index contributed by atoms with van der Waals surface area (Å²) in [5.41, 5.74) is 0.417. The van der Waals surface area contributed by atoms with Gasteiger partial charge in [-0.25, -0.2) is 0 Å².